The van der Waals surface area contributed by atoms with Crippen LogP contribution in [0.1, 0.15) is 13.3 Å². The third kappa shape index (κ3) is 10.5. The Balaban J connectivity index is 0. The van der Waals surface area contributed by atoms with Gasteiger partial charge >= 0.3 is 0 Å². The smallest absolute Gasteiger partial charge is 0.135 e. The average molecular weight is 147 g/mol. The van der Waals surface area contributed by atoms with E-state index in [1.807, 2.05) is 0 Å². The monoisotopic (exact) mass is 147 g/mol. The fraction of sp³-hybridized carbons (Fsp3) is 0.857. The molecule has 0 aliphatic carbocycles. The summed E-state index contributed by atoms with van der Waals surface area (Å²) in [5.41, 5.74) is 0. The third-order valence-corrected chi connectivity index (χ3v) is 1.13. The zero-order valence-corrected chi connectivity index (χ0v) is 7.22. The molecule has 0 aliphatic heterocycles. The summed E-state index contributed by atoms with van der Waals surface area (Å²) in [7, 11) is 6.26. The van der Waals surface area contributed by atoms with Crippen LogP contribution in [0, 0.1) is 0 Å². The molecule has 0 saturated heterocycles. The molecular formula is C7H17NO2. The van der Waals surface area contributed by atoms with Gasteiger partial charge in [-0.05, 0) is 6.92 Å². The highest BCUT2D eigenvalue weighted by atomic mass is 16.1. The van der Waals surface area contributed by atoms with Crippen LogP contribution in [0.3, 0.4) is 0 Å². The summed E-state index contributed by atoms with van der Waals surface area (Å²) in [6.45, 7) is 2.57. The highest BCUT2D eigenvalue weighted by Gasteiger charge is 2.06. The fourth-order valence-electron chi connectivity index (χ4n) is 0.493. The van der Waals surface area contributed by atoms with Gasteiger partial charge in [-0.3, -0.25) is 4.79 Å². The lowest BCUT2D eigenvalue weighted by Gasteiger charge is -2.22. The molecule has 0 rings (SSSR count). The van der Waals surface area contributed by atoms with E-state index >= 15 is 0 Å². The van der Waals surface area contributed by atoms with E-state index < -0.39 is 0 Å². The van der Waals surface area contributed by atoms with Gasteiger partial charge in [0.05, 0.1) is 34.1 Å². The molecule has 10 heavy (non-hydrogen) atoms. The number of hydrogen-bond donors (Lipinski definition) is 0. The summed E-state index contributed by atoms with van der Waals surface area (Å²) in [6, 6.07) is 0. The number of Topliss-reactive ketones (excluding diaryl/α,β-unsaturated/α-hetero) is 1. The second kappa shape index (κ2) is 4.41. The first kappa shape index (κ1) is 12.3. The molecule has 0 heterocycles. The molecule has 0 radical (unpaired) electrons. The summed E-state index contributed by atoms with van der Waals surface area (Å²) in [5, 5.41) is 0. The molecule has 62 valence electrons. The van der Waals surface area contributed by atoms with Crippen LogP contribution in [-0.2, 0) is 4.79 Å². The van der Waals surface area contributed by atoms with Crippen molar-refractivity contribution in [3.8, 4) is 0 Å². The Morgan fingerprint density at radius 2 is 1.70 bits per heavy atom. The minimum atomic E-state index is 0. The first-order valence-corrected chi connectivity index (χ1v) is 3.22. The minimum Gasteiger partial charge on any atom is -0.870 e. The number of quaternary nitrogens is 1. The first-order chi connectivity index (χ1) is 3.92. The highest BCUT2D eigenvalue weighted by Crippen LogP contribution is 1.92. The van der Waals surface area contributed by atoms with E-state index in [1.54, 1.807) is 6.92 Å². The van der Waals surface area contributed by atoms with Crippen LogP contribution < -0.4 is 0 Å². The van der Waals surface area contributed by atoms with Crippen molar-refractivity contribution in [3.63, 3.8) is 0 Å². The minimum absolute atomic E-state index is 0. The zero-order chi connectivity index (χ0) is 7.49. The Kier molecular flexibility index (Phi) is 5.42. The molecule has 0 aromatic heterocycles. The van der Waals surface area contributed by atoms with E-state index in [9.17, 15) is 4.79 Å². The first-order valence-electron chi connectivity index (χ1n) is 3.22. The molecule has 0 fully saturated rings. The summed E-state index contributed by atoms with van der Waals surface area (Å²) in [5.74, 6) is 0.281. The number of ketones is 1. The molecular weight excluding hydrogens is 130 g/mol. The number of hydrogen-bond acceptors (Lipinski definition) is 2. The Bertz CT molecular complexity index is 105. The van der Waals surface area contributed by atoms with Gasteiger partial charge < -0.3 is 9.96 Å². The van der Waals surface area contributed by atoms with Gasteiger partial charge in [-0.1, -0.05) is 0 Å². The lowest BCUT2D eigenvalue weighted by molar-refractivity contribution is -0.869. The van der Waals surface area contributed by atoms with Crippen molar-refractivity contribution < 1.29 is 14.8 Å². The maximum atomic E-state index is 10.5. The van der Waals surface area contributed by atoms with Crippen molar-refractivity contribution in [1.29, 1.82) is 0 Å². The Morgan fingerprint density at radius 3 is 1.80 bits per heavy atom. The van der Waals surface area contributed by atoms with E-state index in [2.05, 4.69) is 21.1 Å². The Hall–Kier alpha value is -0.410. The lowest BCUT2D eigenvalue weighted by atomic mass is 10.3. The summed E-state index contributed by atoms with van der Waals surface area (Å²) < 4.78 is 0.875. The number of nitrogens with zero attached hydrogens (tertiary/aromatic N) is 1. The van der Waals surface area contributed by atoms with Crippen LogP contribution in [0.2, 0.25) is 0 Å². The Morgan fingerprint density at radius 1 is 1.30 bits per heavy atom. The maximum Gasteiger partial charge on any atom is 0.135 e. The molecule has 3 nitrogen and oxygen atoms in total. The van der Waals surface area contributed by atoms with Crippen molar-refractivity contribution >= 4 is 5.78 Å². The van der Waals surface area contributed by atoms with Crippen LogP contribution in [0.5, 0.6) is 0 Å². The summed E-state index contributed by atoms with van der Waals surface area (Å²) in [4.78, 5) is 10.5. The second-order valence-corrected chi connectivity index (χ2v) is 3.47. The van der Waals surface area contributed by atoms with Crippen molar-refractivity contribution in [2.24, 2.45) is 0 Å². The second-order valence-electron chi connectivity index (χ2n) is 3.47. The van der Waals surface area contributed by atoms with Crippen LogP contribution in [0.25, 0.3) is 0 Å². The van der Waals surface area contributed by atoms with E-state index in [-0.39, 0.29) is 11.3 Å². The molecule has 0 bridgehead atoms. The van der Waals surface area contributed by atoms with Gasteiger partial charge in [0.2, 0.25) is 0 Å². The highest BCUT2D eigenvalue weighted by molar-refractivity contribution is 5.75. The van der Waals surface area contributed by atoms with Gasteiger partial charge in [-0.15, -0.1) is 0 Å². The molecule has 0 unspecified atom stereocenters. The third-order valence-electron chi connectivity index (χ3n) is 1.13. The number of carbonyl (C=O) groups excluding carboxylic acids is 1. The van der Waals surface area contributed by atoms with Crippen LogP contribution in [-0.4, -0.2) is 43.4 Å². The molecule has 3 heteroatoms. The standard InChI is InChI=1S/C7H16NO.H2O/c1-7(9)5-6-8(2,3)4;/h5-6H2,1-4H3;1H2/q+1;/p-1. The van der Waals surface area contributed by atoms with Gasteiger partial charge in [0.15, 0.2) is 0 Å². The molecule has 0 aromatic carbocycles. The molecule has 0 aliphatic rings. The van der Waals surface area contributed by atoms with Gasteiger partial charge in [-0.25, -0.2) is 0 Å². The fourth-order valence-corrected chi connectivity index (χ4v) is 0.493. The zero-order valence-electron chi connectivity index (χ0n) is 7.22. The van der Waals surface area contributed by atoms with E-state index in [1.165, 1.54) is 0 Å². The molecule has 0 aromatic rings. The topological polar surface area (TPSA) is 47.1 Å². The largest absolute Gasteiger partial charge is 0.870 e. The van der Waals surface area contributed by atoms with E-state index in [4.69, 9.17) is 0 Å². The van der Waals surface area contributed by atoms with Crippen LogP contribution in [0.15, 0.2) is 0 Å². The van der Waals surface area contributed by atoms with Crippen molar-refractivity contribution in [3.05, 3.63) is 0 Å². The van der Waals surface area contributed by atoms with Crippen molar-refractivity contribution in [1.82, 2.24) is 0 Å². The van der Waals surface area contributed by atoms with Gasteiger partial charge in [0.25, 0.3) is 0 Å². The molecule has 0 saturated carbocycles. The molecule has 0 atom stereocenters. The number of rotatable bonds is 3. The number of carbonyl (C=O) groups is 1. The Labute approximate surface area is 62.5 Å². The van der Waals surface area contributed by atoms with Gasteiger partial charge in [0, 0.05) is 0 Å². The maximum absolute atomic E-state index is 10.5. The van der Waals surface area contributed by atoms with Gasteiger partial charge in [-0.2, -0.15) is 0 Å². The lowest BCUT2D eigenvalue weighted by Crippen LogP contribution is -2.36. The summed E-state index contributed by atoms with van der Waals surface area (Å²) in [6.07, 6.45) is 0.698. The average Bonchev–Trinajstić information content (AvgIpc) is 1.59. The SMILES string of the molecule is CC(=O)CC[N+](C)(C)C.[OH-]. The van der Waals surface area contributed by atoms with Gasteiger partial charge in [0.1, 0.15) is 5.78 Å². The normalized spacial score (nSPS) is 10.4. The van der Waals surface area contributed by atoms with E-state index in [0.717, 1.165) is 11.0 Å². The van der Waals surface area contributed by atoms with Crippen LogP contribution >= 0.6 is 0 Å². The van der Waals surface area contributed by atoms with Crippen molar-refractivity contribution in [2.75, 3.05) is 27.7 Å². The predicted octanol–water partition coefficient (Wildman–Crippen LogP) is 0.495. The van der Waals surface area contributed by atoms with Crippen LogP contribution in [0.4, 0.5) is 0 Å². The quantitative estimate of drug-likeness (QED) is 0.545. The van der Waals surface area contributed by atoms with E-state index in [0.29, 0.717) is 6.42 Å². The van der Waals surface area contributed by atoms with Crippen molar-refractivity contribution in [2.45, 2.75) is 13.3 Å². The molecule has 0 amide bonds. The molecule has 0 spiro atoms. The summed E-state index contributed by atoms with van der Waals surface area (Å²) >= 11 is 0. The molecule has 1 N–H and O–H groups in total. The predicted molar refractivity (Wildman–Crippen MR) is 40.1 cm³/mol.